The van der Waals surface area contributed by atoms with Gasteiger partial charge in [0.25, 0.3) is 5.91 Å². The first kappa shape index (κ1) is 22.9. The fourth-order valence-corrected chi connectivity index (χ4v) is 6.22. The molecular formula is C28H34N2O4. The number of carbonyl (C=O) groups excluding carboxylic acids is 2. The van der Waals surface area contributed by atoms with Gasteiger partial charge in [-0.05, 0) is 68.0 Å². The lowest BCUT2D eigenvalue weighted by atomic mass is 9.57. The van der Waals surface area contributed by atoms with Crippen LogP contribution in [0.2, 0.25) is 0 Å². The third-order valence-corrected chi connectivity index (χ3v) is 7.94. The molecule has 6 nitrogen and oxygen atoms in total. The summed E-state index contributed by atoms with van der Waals surface area (Å²) in [5, 5.41) is 13.5. The molecule has 4 atom stereocenters. The van der Waals surface area contributed by atoms with Gasteiger partial charge in [-0.15, -0.1) is 0 Å². The maximum Gasteiger partial charge on any atom is 0.302 e. The van der Waals surface area contributed by atoms with Crippen molar-refractivity contribution in [3.8, 4) is 5.75 Å². The van der Waals surface area contributed by atoms with E-state index in [-0.39, 0.29) is 41.1 Å². The van der Waals surface area contributed by atoms with Gasteiger partial charge in [-0.2, -0.15) is 0 Å². The number of esters is 1. The van der Waals surface area contributed by atoms with E-state index in [1.807, 2.05) is 42.5 Å². The number of likely N-dealkylation sites (tertiary alicyclic amines) is 1. The van der Waals surface area contributed by atoms with Crippen LogP contribution in [0, 0.1) is 11.8 Å². The SMILES string of the molecule is CC(=O)OC1C[C@@H](NC(=O)c2ccccc2)C[C@]2(c3cccc(O)c3)CCN(CC3CC3)C[C@@H]12. The molecule has 1 saturated heterocycles. The molecule has 34 heavy (non-hydrogen) atoms. The minimum atomic E-state index is -0.295. The molecule has 2 aromatic carbocycles. The van der Waals surface area contributed by atoms with Crippen LogP contribution in [0.5, 0.6) is 5.75 Å². The zero-order chi connectivity index (χ0) is 23.7. The number of ether oxygens (including phenoxy) is 1. The molecule has 1 aliphatic heterocycles. The van der Waals surface area contributed by atoms with Crippen molar-refractivity contribution in [3.63, 3.8) is 0 Å². The van der Waals surface area contributed by atoms with Gasteiger partial charge >= 0.3 is 5.97 Å². The minimum Gasteiger partial charge on any atom is -0.508 e. The lowest BCUT2D eigenvalue weighted by Crippen LogP contribution is -2.61. The molecule has 1 heterocycles. The van der Waals surface area contributed by atoms with E-state index in [4.69, 9.17) is 4.74 Å². The van der Waals surface area contributed by atoms with Gasteiger partial charge in [0.2, 0.25) is 0 Å². The van der Waals surface area contributed by atoms with E-state index in [0.29, 0.717) is 12.0 Å². The molecule has 1 amide bonds. The molecule has 0 aromatic heterocycles. The lowest BCUT2D eigenvalue weighted by molar-refractivity contribution is -0.157. The van der Waals surface area contributed by atoms with Crippen LogP contribution in [0.4, 0.5) is 0 Å². The van der Waals surface area contributed by atoms with E-state index >= 15 is 0 Å². The second kappa shape index (κ2) is 9.41. The maximum atomic E-state index is 13.0. The molecule has 0 spiro atoms. The summed E-state index contributed by atoms with van der Waals surface area (Å²) in [6.07, 6.45) is 4.58. The van der Waals surface area contributed by atoms with Crippen LogP contribution in [-0.2, 0) is 14.9 Å². The second-order valence-electron chi connectivity index (χ2n) is 10.4. The van der Waals surface area contributed by atoms with Gasteiger partial charge < -0.3 is 20.1 Å². The van der Waals surface area contributed by atoms with Crippen molar-refractivity contribution in [1.82, 2.24) is 10.2 Å². The van der Waals surface area contributed by atoms with Crippen LogP contribution in [0.3, 0.4) is 0 Å². The molecule has 0 radical (unpaired) electrons. The van der Waals surface area contributed by atoms with Crippen molar-refractivity contribution < 1.29 is 19.4 Å². The van der Waals surface area contributed by atoms with Gasteiger partial charge in [-0.3, -0.25) is 9.59 Å². The van der Waals surface area contributed by atoms with Crippen LogP contribution in [0.25, 0.3) is 0 Å². The first-order valence-electron chi connectivity index (χ1n) is 12.5. The topological polar surface area (TPSA) is 78.9 Å². The van der Waals surface area contributed by atoms with E-state index in [2.05, 4.69) is 16.3 Å². The number of hydrogen-bond acceptors (Lipinski definition) is 5. The Balaban J connectivity index is 1.47. The highest BCUT2D eigenvalue weighted by Gasteiger charge is 2.54. The summed E-state index contributed by atoms with van der Waals surface area (Å²) in [5.74, 6) is 0.745. The molecule has 1 unspecified atom stereocenters. The van der Waals surface area contributed by atoms with Crippen molar-refractivity contribution in [3.05, 3.63) is 65.7 Å². The van der Waals surface area contributed by atoms with Crippen LogP contribution in [0.1, 0.15) is 54.9 Å². The first-order chi connectivity index (χ1) is 16.4. The Bertz CT molecular complexity index is 1040. The van der Waals surface area contributed by atoms with E-state index < -0.39 is 0 Å². The predicted molar refractivity (Wildman–Crippen MR) is 130 cm³/mol. The Morgan fingerprint density at radius 3 is 2.65 bits per heavy atom. The third-order valence-electron chi connectivity index (χ3n) is 7.94. The molecule has 2 aromatic rings. The molecular weight excluding hydrogens is 428 g/mol. The van der Waals surface area contributed by atoms with Crippen LogP contribution in [0.15, 0.2) is 54.6 Å². The van der Waals surface area contributed by atoms with Crippen molar-refractivity contribution in [2.45, 2.75) is 56.6 Å². The number of hydrogen-bond donors (Lipinski definition) is 2. The normalized spacial score (nSPS) is 29.1. The monoisotopic (exact) mass is 462 g/mol. The number of fused-ring (bicyclic) bond motifs is 1. The summed E-state index contributed by atoms with van der Waals surface area (Å²) in [6.45, 7) is 4.40. The molecule has 3 fully saturated rings. The zero-order valence-corrected chi connectivity index (χ0v) is 19.8. The molecule has 180 valence electrons. The Morgan fingerprint density at radius 2 is 1.94 bits per heavy atom. The quantitative estimate of drug-likeness (QED) is 0.637. The van der Waals surface area contributed by atoms with Crippen LogP contribution < -0.4 is 5.32 Å². The third kappa shape index (κ3) is 4.83. The first-order valence-corrected chi connectivity index (χ1v) is 12.5. The Kier molecular flexibility index (Phi) is 6.34. The highest BCUT2D eigenvalue weighted by molar-refractivity contribution is 5.94. The lowest BCUT2D eigenvalue weighted by Gasteiger charge is -2.55. The number of phenolic OH excluding ortho intramolecular Hbond substituents is 1. The second-order valence-corrected chi connectivity index (χ2v) is 10.4. The van der Waals surface area contributed by atoms with E-state index in [1.54, 1.807) is 6.07 Å². The van der Waals surface area contributed by atoms with E-state index in [1.165, 1.54) is 19.8 Å². The highest BCUT2D eigenvalue weighted by Crippen LogP contribution is 2.51. The van der Waals surface area contributed by atoms with Crippen molar-refractivity contribution in [2.75, 3.05) is 19.6 Å². The summed E-state index contributed by atoms with van der Waals surface area (Å²) in [4.78, 5) is 27.7. The number of phenols is 1. The van der Waals surface area contributed by atoms with Crippen LogP contribution >= 0.6 is 0 Å². The molecule has 2 aliphatic carbocycles. The largest absolute Gasteiger partial charge is 0.508 e. The van der Waals surface area contributed by atoms with Gasteiger partial charge in [-0.25, -0.2) is 0 Å². The average molecular weight is 463 g/mol. The van der Waals surface area contributed by atoms with Crippen molar-refractivity contribution in [1.29, 1.82) is 0 Å². The molecule has 6 heteroatoms. The molecule has 3 aliphatic rings. The molecule has 5 rings (SSSR count). The predicted octanol–water partition coefficient (Wildman–Crippen LogP) is 3.89. The smallest absolute Gasteiger partial charge is 0.302 e. The van der Waals surface area contributed by atoms with Crippen LogP contribution in [-0.4, -0.2) is 53.7 Å². The molecule has 0 bridgehead atoms. The van der Waals surface area contributed by atoms with Crippen molar-refractivity contribution >= 4 is 11.9 Å². The summed E-state index contributed by atoms with van der Waals surface area (Å²) in [5.41, 5.74) is 1.41. The molecule has 2 N–H and O–H groups in total. The van der Waals surface area contributed by atoms with Gasteiger partial charge in [0.1, 0.15) is 11.9 Å². The zero-order valence-electron chi connectivity index (χ0n) is 19.8. The number of carbonyl (C=O) groups is 2. The maximum absolute atomic E-state index is 13.0. The summed E-state index contributed by atoms with van der Waals surface area (Å²) >= 11 is 0. The van der Waals surface area contributed by atoms with Gasteiger partial charge in [-0.1, -0.05) is 30.3 Å². The number of rotatable bonds is 6. The summed E-state index contributed by atoms with van der Waals surface area (Å²) in [6, 6.07) is 16.6. The van der Waals surface area contributed by atoms with Crippen molar-refractivity contribution in [2.24, 2.45) is 11.8 Å². The fourth-order valence-electron chi connectivity index (χ4n) is 6.22. The Hall–Kier alpha value is -2.86. The Morgan fingerprint density at radius 1 is 1.15 bits per heavy atom. The van der Waals surface area contributed by atoms with Gasteiger partial charge in [0, 0.05) is 49.4 Å². The number of nitrogens with one attached hydrogen (secondary N) is 1. The van der Waals surface area contributed by atoms with Gasteiger partial charge in [0.05, 0.1) is 0 Å². The van der Waals surface area contributed by atoms with E-state index in [9.17, 15) is 14.7 Å². The fraction of sp³-hybridized carbons (Fsp3) is 0.500. The Labute approximate surface area is 201 Å². The number of amides is 1. The van der Waals surface area contributed by atoms with Gasteiger partial charge in [0.15, 0.2) is 0 Å². The molecule has 2 saturated carbocycles. The minimum absolute atomic E-state index is 0.107. The number of piperidine rings is 1. The highest BCUT2D eigenvalue weighted by atomic mass is 16.5. The van der Waals surface area contributed by atoms with E-state index in [0.717, 1.165) is 44.0 Å². The summed E-state index contributed by atoms with van der Waals surface area (Å²) < 4.78 is 5.94. The standard InChI is InChI=1S/C28H34N2O4/c1-19(31)34-26-15-23(29-27(33)21-6-3-2-4-7-21)16-28(22-8-5-9-24(32)14-22)12-13-30(18-25(26)28)17-20-10-11-20/h2-9,14,20,23,25-26,32H,10-13,15-18H2,1H3,(H,29,33)/t23-,25+,26?,28+/m1/s1. The summed E-state index contributed by atoms with van der Waals surface area (Å²) in [7, 11) is 0. The number of benzene rings is 2. The number of nitrogens with zero attached hydrogens (tertiary/aromatic N) is 1. The number of aromatic hydroxyl groups is 1. The average Bonchev–Trinajstić information content (AvgIpc) is 3.64.